The van der Waals surface area contributed by atoms with Crippen LogP contribution >= 0.6 is 34.5 Å². The maximum atomic E-state index is 12.7. The molecule has 0 bridgehead atoms. The predicted octanol–water partition coefficient (Wildman–Crippen LogP) is 3.30. The number of nitrogens with one attached hydrogen (secondary N) is 3. The van der Waals surface area contributed by atoms with Crippen LogP contribution in [0.15, 0.2) is 53.2 Å². The fourth-order valence-corrected chi connectivity index (χ4v) is 4.29. The van der Waals surface area contributed by atoms with E-state index in [2.05, 4.69) is 16.0 Å². The van der Waals surface area contributed by atoms with E-state index in [4.69, 9.17) is 23.2 Å². The van der Waals surface area contributed by atoms with Crippen LogP contribution < -0.4 is 16.0 Å². The summed E-state index contributed by atoms with van der Waals surface area (Å²) in [4.78, 5) is 48.9. The molecule has 0 saturated carbocycles. The van der Waals surface area contributed by atoms with Gasteiger partial charge in [-0.1, -0.05) is 35.3 Å². The average Bonchev–Trinajstić information content (AvgIpc) is 3.34. The lowest BCUT2D eigenvalue weighted by atomic mass is 10.1. The van der Waals surface area contributed by atoms with Gasteiger partial charge in [-0.2, -0.15) is 11.3 Å². The molecule has 0 aliphatic heterocycles. The zero-order valence-electron chi connectivity index (χ0n) is 17.9. The number of hydrogen-bond acceptors (Lipinski definition) is 6. The molecule has 3 rings (SSSR count). The number of carboxylic acid groups (broad SMARTS) is 1. The number of carbonyl (C=O) groups excluding carboxylic acids is 3. The number of aromatic hydroxyl groups is 1. The van der Waals surface area contributed by atoms with E-state index in [1.165, 1.54) is 35.6 Å². The summed E-state index contributed by atoms with van der Waals surface area (Å²) in [6, 6.07) is 8.93. The van der Waals surface area contributed by atoms with Gasteiger partial charge in [-0.3, -0.25) is 14.4 Å². The highest BCUT2D eigenvalue weighted by molar-refractivity contribution is 7.08. The topological polar surface area (TPSA) is 145 Å². The number of thiophene rings is 1. The number of carboxylic acids is 1. The van der Waals surface area contributed by atoms with Crippen LogP contribution in [0.25, 0.3) is 0 Å². The molecule has 182 valence electrons. The first-order valence-corrected chi connectivity index (χ1v) is 11.7. The van der Waals surface area contributed by atoms with Gasteiger partial charge in [0.25, 0.3) is 17.7 Å². The number of rotatable bonds is 9. The number of benzene rings is 2. The maximum absolute atomic E-state index is 12.7. The van der Waals surface area contributed by atoms with E-state index in [1.54, 1.807) is 29.0 Å². The molecule has 3 aromatic rings. The predicted molar refractivity (Wildman–Crippen MR) is 131 cm³/mol. The smallest absolute Gasteiger partial charge is 0.328 e. The Morgan fingerprint density at radius 2 is 1.60 bits per heavy atom. The van der Waals surface area contributed by atoms with Crippen LogP contribution in [-0.4, -0.2) is 46.5 Å². The highest BCUT2D eigenvalue weighted by Crippen LogP contribution is 2.27. The molecule has 0 radical (unpaired) electrons. The third-order valence-electron chi connectivity index (χ3n) is 4.75. The second-order valence-corrected chi connectivity index (χ2v) is 8.85. The number of phenols is 1. The monoisotopic (exact) mass is 535 g/mol. The summed E-state index contributed by atoms with van der Waals surface area (Å²) < 4.78 is 0. The number of amides is 3. The van der Waals surface area contributed by atoms with E-state index < -0.39 is 29.7 Å². The highest BCUT2D eigenvalue weighted by Gasteiger charge is 2.25. The SMILES string of the molecule is O=C(NCc1cccc(O)c1)c1cc(Cl)c(C(=O)N[C@@H](CNC(=O)c2ccsc2)C(=O)O)c(Cl)c1. The lowest BCUT2D eigenvalue weighted by Gasteiger charge is -2.17. The van der Waals surface area contributed by atoms with Crippen molar-refractivity contribution in [1.29, 1.82) is 0 Å². The van der Waals surface area contributed by atoms with Crippen molar-refractivity contribution in [3.8, 4) is 5.75 Å². The Balaban J connectivity index is 1.66. The van der Waals surface area contributed by atoms with E-state index in [1.807, 2.05) is 0 Å². The van der Waals surface area contributed by atoms with Crippen molar-refractivity contribution in [2.75, 3.05) is 6.54 Å². The van der Waals surface area contributed by atoms with Crippen LogP contribution in [-0.2, 0) is 11.3 Å². The van der Waals surface area contributed by atoms with Crippen LogP contribution in [0.2, 0.25) is 10.0 Å². The minimum atomic E-state index is -1.46. The van der Waals surface area contributed by atoms with Gasteiger partial charge in [-0.05, 0) is 41.3 Å². The number of carbonyl (C=O) groups is 4. The number of halogens is 2. The molecule has 1 atom stereocenters. The maximum Gasteiger partial charge on any atom is 0.328 e. The normalized spacial score (nSPS) is 11.4. The van der Waals surface area contributed by atoms with Crippen molar-refractivity contribution in [3.05, 3.63) is 85.5 Å². The second-order valence-electron chi connectivity index (χ2n) is 7.25. The molecule has 2 aromatic carbocycles. The van der Waals surface area contributed by atoms with Gasteiger partial charge in [-0.15, -0.1) is 0 Å². The molecule has 5 N–H and O–H groups in total. The van der Waals surface area contributed by atoms with E-state index in [0.717, 1.165) is 0 Å². The van der Waals surface area contributed by atoms with Crippen LogP contribution in [0.3, 0.4) is 0 Å². The zero-order chi connectivity index (χ0) is 25.5. The Bertz CT molecular complexity index is 1240. The summed E-state index contributed by atoms with van der Waals surface area (Å²) in [5, 5.41) is 29.3. The van der Waals surface area contributed by atoms with Crippen LogP contribution in [0, 0.1) is 0 Å². The van der Waals surface area contributed by atoms with Crippen LogP contribution in [0.4, 0.5) is 0 Å². The molecule has 35 heavy (non-hydrogen) atoms. The van der Waals surface area contributed by atoms with E-state index in [9.17, 15) is 29.4 Å². The van der Waals surface area contributed by atoms with Gasteiger partial charge in [-0.25, -0.2) is 4.79 Å². The van der Waals surface area contributed by atoms with Gasteiger partial charge in [0.15, 0.2) is 0 Å². The van der Waals surface area contributed by atoms with Crippen LogP contribution in [0.5, 0.6) is 5.75 Å². The summed E-state index contributed by atoms with van der Waals surface area (Å²) in [6.07, 6.45) is 0. The van der Waals surface area contributed by atoms with Crippen molar-refractivity contribution >= 4 is 58.2 Å². The molecule has 0 fully saturated rings. The summed E-state index contributed by atoms with van der Waals surface area (Å²) in [6.45, 7) is -0.247. The first kappa shape index (κ1) is 26.0. The van der Waals surface area contributed by atoms with Crippen molar-refractivity contribution in [3.63, 3.8) is 0 Å². The second kappa shape index (κ2) is 11.7. The summed E-state index contributed by atoms with van der Waals surface area (Å²) >= 11 is 13.7. The minimum Gasteiger partial charge on any atom is -0.508 e. The molecule has 0 spiro atoms. The first-order valence-electron chi connectivity index (χ1n) is 10.0. The summed E-state index contributed by atoms with van der Waals surface area (Å²) in [7, 11) is 0. The lowest BCUT2D eigenvalue weighted by molar-refractivity contribution is -0.139. The van der Waals surface area contributed by atoms with Crippen molar-refractivity contribution in [2.45, 2.75) is 12.6 Å². The Labute approximate surface area is 213 Å². The molecule has 0 unspecified atom stereocenters. The van der Waals surface area contributed by atoms with Crippen LogP contribution in [0.1, 0.15) is 36.6 Å². The number of hydrogen-bond donors (Lipinski definition) is 5. The Kier molecular flexibility index (Phi) is 8.69. The molecule has 3 amide bonds. The number of aliphatic carboxylic acids is 1. The zero-order valence-corrected chi connectivity index (χ0v) is 20.2. The van der Waals surface area contributed by atoms with Gasteiger partial charge in [0.05, 0.1) is 15.6 Å². The van der Waals surface area contributed by atoms with E-state index in [-0.39, 0.29) is 40.0 Å². The molecule has 9 nitrogen and oxygen atoms in total. The standard InChI is InChI=1S/C23H19Cl2N3O6S/c24-16-7-14(21(31)26-9-12-2-1-3-15(29)6-12)8-17(25)19(16)22(32)28-18(23(33)34)10-27-20(30)13-4-5-35-11-13/h1-8,11,18,29H,9-10H2,(H,26,31)(H,27,30)(H,28,32)(H,33,34)/t18-/m0/s1. The molecule has 12 heteroatoms. The average molecular weight is 536 g/mol. The van der Waals surface area contributed by atoms with Gasteiger partial charge < -0.3 is 26.2 Å². The highest BCUT2D eigenvalue weighted by atomic mass is 35.5. The van der Waals surface area contributed by atoms with Gasteiger partial charge in [0.1, 0.15) is 11.8 Å². The number of phenolic OH excluding ortho intramolecular Hbond substituents is 1. The van der Waals surface area contributed by atoms with Gasteiger partial charge in [0.2, 0.25) is 0 Å². The molecule has 1 aromatic heterocycles. The van der Waals surface area contributed by atoms with Crippen molar-refractivity contribution < 1.29 is 29.4 Å². The third kappa shape index (κ3) is 6.95. The lowest BCUT2D eigenvalue weighted by Crippen LogP contribution is -2.48. The molecular formula is C23H19Cl2N3O6S. The summed E-state index contributed by atoms with van der Waals surface area (Å²) in [5.41, 5.74) is 0.898. The molecule has 0 aliphatic carbocycles. The quantitative estimate of drug-likeness (QED) is 0.284. The van der Waals surface area contributed by atoms with E-state index in [0.29, 0.717) is 11.1 Å². The summed E-state index contributed by atoms with van der Waals surface area (Å²) in [5.74, 6) is -3.21. The fourth-order valence-electron chi connectivity index (χ4n) is 2.99. The minimum absolute atomic E-state index is 0.0592. The largest absolute Gasteiger partial charge is 0.508 e. The Morgan fingerprint density at radius 1 is 0.914 bits per heavy atom. The van der Waals surface area contributed by atoms with Crippen molar-refractivity contribution in [2.24, 2.45) is 0 Å². The Hall–Kier alpha value is -3.60. The first-order chi connectivity index (χ1) is 16.7. The molecule has 0 aliphatic rings. The molecular weight excluding hydrogens is 517 g/mol. The van der Waals surface area contributed by atoms with E-state index >= 15 is 0 Å². The third-order valence-corrected chi connectivity index (χ3v) is 6.03. The fraction of sp³-hybridized carbons (Fsp3) is 0.130. The molecule has 1 heterocycles. The Morgan fingerprint density at radius 3 is 2.20 bits per heavy atom. The van der Waals surface area contributed by atoms with Crippen molar-refractivity contribution in [1.82, 2.24) is 16.0 Å². The van der Waals surface area contributed by atoms with Gasteiger partial charge >= 0.3 is 5.97 Å². The van der Waals surface area contributed by atoms with Gasteiger partial charge in [0, 0.05) is 29.6 Å². The molecule has 0 saturated heterocycles.